The summed E-state index contributed by atoms with van der Waals surface area (Å²) in [6.07, 6.45) is 3.62. The number of amides is 1. The summed E-state index contributed by atoms with van der Waals surface area (Å²) in [6.45, 7) is 8.95. The first kappa shape index (κ1) is 29.9. The number of aromatic nitrogens is 3. The number of hydrogen-bond acceptors (Lipinski definition) is 8. The van der Waals surface area contributed by atoms with E-state index in [-0.39, 0.29) is 12.3 Å². The van der Waals surface area contributed by atoms with Crippen LogP contribution in [0.15, 0.2) is 29.3 Å². The number of hydrogen-bond donors (Lipinski definition) is 2. The summed E-state index contributed by atoms with van der Waals surface area (Å²) in [5.41, 5.74) is 9.44. The van der Waals surface area contributed by atoms with Crippen LogP contribution in [0, 0.1) is 20.8 Å². The number of ether oxygens (including phenoxy) is 1. The number of halogens is 1. The Labute approximate surface area is 244 Å². The lowest BCUT2D eigenvalue weighted by atomic mass is 9.99. The highest BCUT2D eigenvalue weighted by Gasteiger charge is 2.33. The molecule has 0 bridgehead atoms. The highest BCUT2D eigenvalue weighted by molar-refractivity contribution is 7.15. The van der Waals surface area contributed by atoms with Gasteiger partial charge in [0, 0.05) is 21.0 Å². The molecule has 0 fully saturated rings. The van der Waals surface area contributed by atoms with Crippen LogP contribution in [-0.2, 0) is 14.3 Å². The number of nitrogens with two attached hydrogens (primary N) is 1. The highest BCUT2D eigenvalue weighted by atomic mass is 35.5. The van der Waals surface area contributed by atoms with Gasteiger partial charge in [0.2, 0.25) is 5.91 Å². The Bertz CT molecular complexity index is 1380. The quantitative estimate of drug-likeness (QED) is 0.224. The molecule has 1 aliphatic heterocycles. The molecule has 214 valence electrons. The summed E-state index contributed by atoms with van der Waals surface area (Å²) in [4.78, 5) is 32.6. The topological polar surface area (TPSA) is 124 Å². The first-order valence-corrected chi connectivity index (χ1v) is 15.0. The van der Waals surface area contributed by atoms with E-state index in [0.29, 0.717) is 36.8 Å². The van der Waals surface area contributed by atoms with Gasteiger partial charge in [-0.25, -0.2) is 4.79 Å². The summed E-state index contributed by atoms with van der Waals surface area (Å²) in [5.74, 6) is 0.580. The number of nitrogens with one attached hydrogen (secondary N) is 1. The third kappa shape index (κ3) is 6.62. The van der Waals surface area contributed by atoms with Crippen molar-refractivity contribution in [2.75, 3.05) is 13.2 Å². The van der Waals surface area contributed by atoms with Crippen molar-refractivity contribution in [2.45, 2.75) is 78.3 Å². The zero-order valence-electron chi connectivity index (χ0n) is 23.5. The Morgan fingerprint density at radius 1 is 1.15 bits per heavy atom. The SMILES string of the molecule is CCCCOC(=O)[C@H](CCCCN)NC(=O)C[C@@H]1N=C(c2ccc(Cl)cc2)c2c(sc(C)c2C)-n2c(C)nnc21. The minimum absolute atomic E-state index is 0.00216. The first-order chi connectivity index (χ1) is 19.2. The van der Waals surface area contributed by atoms with Gasteiger partial charge >= 0.3 is 5.97 Å². The second-order valence-corrected chi connectivity index (χ2v) is 11.7. The molecule has 9 nitrogen and oxygen atoms in total. The molecule has 0 radical (unpaired) electrons. The van der Waals surface area contributed by atoms with Crippen LogP contribution in [0.25, 0.3) is 5.00 Å². The average Bonchev–Trinajstić information content (AvgIpc) is 3.40. The van der Waals surface area contributed by atoms with Gasteiger partial charge in [0.1, 0.15) is 22.9 Å². The van der Waals surface area contributed by atoms with Gasteiger partial charge in [-0.05, 0) is 70.7 Å². The van der Waals surface area contributed by atoms with E-state index in [0.717, 1.165) is 52.5 Å². The summed E-state index contributed by atoms with van der Waals surface area (Å²) in [5, 5.41) is 13.3. The number of thiophene rings is 1. The lowest BCUT2D eigenvalue weighted by molar-refractivity contribution is -0.148. The Morgan fingerprint density at radius 2 is 1.90 bits per heavy atom. The Morgan fingerprint density at radius 3 is 2.60 bits per heavy atom. The van der Waals surface area contributed by atoms with Gasteiger partial charge in [0.15, 0.2) is 5.82 Å². The maximum Gasteiger partial charge on any atom is 0.328 e. The number of nitrogens with zero attached hydrogens (tertiary/aromatic N) is 4. The fourth-order valence-electron chi connectivity index (χ4n) is 4.72. The van der Waals surface area contributed by atoms with Gasteiger partial charge in [-0.1, -0.05) is 37.1 Å². The molecule has 1 amide bonds. The standard InChI is InChI=1S/C29H37ClN6O3S/c1-5-6-15-39-29(38)22(9-7-8-14-31)32-24(37)16-23-27-35-34-19(4)36(27)28-25(17(2)18(3)40-28)26(33-23)20-10-12-21(30)13-11-20/h10-13,22-23H,5-9,14-16,31H2,1-4H3,(H,32,37)/t22-,23-/m0/s1. The smallest absolute Gasteiger partial charge is 0.328 e. The van der Waals surface area contributed by atoms with Crippen molar-refractivity contribution in [3.05, 3.63) is 62.5 Å². The van der Waals surface area contributed by atoms with Crippen LogP contribution in [0.4, 0.5) is 0 Å². The molecule has 40 heavy (non-hydrogen) atoms. The van der Waals surface area contributed by atoms with E-state index in [1.165, 1.54) is 4.88 Å². The highest BCUT2D eigenvalue weighted by Crippen LogP contribution is 2.39. The fraction of sp³-hybridized carbons (Fsp3) is 0.483. The van der Waals surface area contributed by atoms with Crippen LogP contribution in [0.5, 0.6) is 0 Å². The number of carbonyl (C=O) groups excluding carboxylic acids is 2. The number of unbranched alkanes of at least 4 members (excludes halogenated alkanes) is 2. The van der Waals surface area contributed by atoms with Gasteiger partial charge in [-0.15, -0.1) is 21.5 Å². The van der Waals surface area contributed by atoms with Crippen molar-refractivity contribution in [1.29, 1.82) is 0 Å². The van der Waals surface area contributed by atoms with Crippen molar-refractivity contribution >= 4 is 40.5 Å². The Kier molecular flexibility index (Phi) is 10.1. The van der Waals surface area contributed by atoms with E-state index in [1.54, 1.807) is 11.3 Å². The van der Waals surface area contributed by atoms with E-state index in [4.69, 9.17) is 27.1 Å². The van der Waals surface area contributed by atoms with Gasteiger partial charge in [0.25, 0.3) is 0 Å². The zero-order valence-corrected chi connectivity index (χ0v) is 25.1. The number of esters is 1. The van der Waals surface area contributed by atoms with Crippen molar-refractivity contribution in [1.82, 2.24) is 20.1 Å². The van der Waals surface area contributed by atoms with Gasteiger partial charge in [-0.2, -0.15) is 0 Å². The van der Waals surface area contributed by atoms with E-state index in [2.05, 4.69) is 29.4 Å². The summed E-state index contributed by atoms with van der Waals surface area (Å²) >= 11 is 7.85. The number of aryl methyl sites for hydroxylation is 2. The minimum atomic E-state index is -0.743. The van der Waals surface area contributed by atoms with Crippen LogP contribution in [-0.4, -0.2) is 51.5 Å². The van der Waals surface area contributed by atoms with Crippen LogP contribution in [0.3, 0.4) is 0 Å². The molecule has 1 aliphatic rings. The minimum Gasteiger partial charge on any atom is -0.464 e. The molecule has 2 aromatic heterocycles. The second kappa shape index (κ2) is 13.5. The lowest BCUT2D eigenvalue weighted by Gasteiger charge is -2.19. The molecule has 4 rings (SSSR count). The van der Waals surface area contributed by atoms with Crippen LogP contribution < -0.4 is 11.1 Å². The van der Waals surface area contributed by atoms with Gasteiger partial charge in [-0.3, -0.25) is 14.4 Å². The summed E-state index contributed by atoms with van der Waals surface area (Å²) in [7, 11) is 0. The first-order valence-electron chi connectivity index (χ1n) is 13.8. The molecule has 3 aromatic rings. The molecule has 3 heterocycles. The molecule has 2 atom stereocenters. The van der Waals surface area contributed by atoms with Crippen molar-refractivity contribution in [2.24, 2.45) is 10.7 Å². The largest absolute Gasteiger partial charge is 0.464 e. The number of rotatable bonds is 12. The number of benzene rings is 1. The third-order valence-corrected chi connectivity index (χ3v) is 8.49. The average molecular weight is 585 g/mol. The van der Waals surface area contributed by atoms with E-state index < -0.39 is 18.1 Å². The summed E-state index contributed by atoms with van der Waals surface area (Å²) < 4.78 is 7.44. The van der Waals surface area contributed by atoms with E-state index in [9.17, 15) is 9.59 Å². The molecular formula is C29H37ClN6O3S. The van der Waals surface area contributed by atoms with E-state index >= 15 is 0 Å². The molecular weight excluding hydrogens is 548 g/mol. The van der Waals surface area contributed by atoms with Crippen molar-refractivity contribution in [3.8, 4) is 5.00 Å². The molecule has 0 spiro atoms. The lowest BCUT2D eigenvalue weighted by Crippen LogP contribution is -2.42. The Hall–Kier alpha value is -3.08. The molecule has 1 aromatic carbocycles. The predicted octanol–water partition coefficient (Wildman–Crippen LogP) is 5.15. The monoisotopic (exact) mass is 584 g/mol. The molecule has 0 saturated heterocycles. The predicted molar refractivity (Wildman–Crippen MR) is 159 cm³/mol. The molecule has 0 unspecified atom stereocenters. The van der Waals surface area contributed by atoms with Crippen LogP contribution in [0.2, 0.25) is 5.02 Å². The molecule has 0 saturated carbocycles. The van der Waals surface area contributed by atoms with Crippen LogP contribution >= 0.6 is 22.9 Å². The van der Waals surface area contributed by atoms with Gasteiger partial charge < -0.3 is 15.8 Å². The number of fused-ring (bicyclic) bond motifs is 3. The van der Waals surface area contributed by atoms with Crippen molar-refractivity contribution in [3.63, 3.8) is 0 Å². The van der Waals surface area contributed by atoms with Crippen LogP contribution in [0.1, 0.15) is 84.7 Å². The normalized spacial score (nSPS) is 15.1. The molecule has 0 aliphatic carbocycles. The van der Waals surface area contributed by atoms with Gasteiger partial charge in [0.05, 0.1) is 18.7 Å². The maximum absolute atomic E-state index is 13.5. The zero-order chi connectivity index (χ0) is 28.8. The second-order valence-electron chi connectivity index (χ2n) is 10.0. The third-order valence-electron chi connectivity index (χ3n) is 7.04. The number of aliphatic imine (C=N–C) groups is 1. The Balaban J connectivity index is 1.68. The fourth-order valence-corrected chi connectivity index (χ4v) is 6.06. The maximum atomic E-state index is 13.5. The molecule has 3 N–H and O–H groups in total. The van der Waals surface area contributed by atoms with E-state index in [1.807, 2.05) is 42.7 Å². The van der Waals surface area contributed by atoms with Crippen molar-refractivity contribution < 1.29 is 14.3 Å². The molecule has 11 heteroatoms. The number of carbonyl (C=O) groups is 2. The summed E-state index contributed by atoms with van der Waals surface area (Å²) in [6, 6.07) is 6.18.